The summed E-state index contributed by atoms with van der Waals surface area (Å²) in [6.45, 7) is 8.89. The maximum atomic E-state index is 11.9. The van der Waals surface area contributed by atoms with Gasteiger partial charge in [-0.25, -0.2) is 0 Å². The van der Waals surface area contributed by atoms with Crippen molar-refractivity contribution >= 4 is 5.78 Å². The molecule has 0 aromatic heterocycles. The number of ketones is 1. The van der Waals surface area contributed by atoms with E-state index in [1.807, 2.05) is 0 Å². The summed E-state index contributed by atoms with van der Waals surface area (Å²) in [6, 6.07) is 0. The number of carbonyl (C=O) groups is 1. The molecule has 0 spiro atoms. The molecule has 0 aromatic carbocycles. The zero-order valence-electron chi connectivity index (χ0n) is 14.6. The monoisotopic (exact) mass is 314 g/mol. The summed E-state index contributed by atoms with van der Waals surface area (Å²) in [5.74, 6) is 2.83. The highest BCUT2D eigenvalue weighted by Gasteiger charge is 2.59. The van der Waals surface area contributed by atoms with Crippen molar-refractivity contribution in [2.45, 2.75) is 64.9 Å². The largest absolute Gasteiger partial charge is 0.389 e. The van der Waals surface area contributed by atoms with Gasteiger partial charge in [0.05, 0.1) is 6.10 Å². The average Bonchev–Trinajstić information content (AvgIpc) is 2.86. The Morgan fingerprint density at radius 2 is 2.00 bits per heavy atom. The van der Waals surface area contributed by atoms with Crippen molar-refractivity contribution in [1.29, 1.82) is 0 Å². The summed E-state index contributed by atoms with van der Waals surface area (Å²) in [6.07, 6.45) is 11.1. The molecule has 0 aliphatic heterocycles. The van der Waals surface area contributed by atoms with Gasteiger partial charge in [0.15, 0.2) is 5.78 Å². The number of hydrogen-bond donors (Lipinski definition) is 1. The summed E-state index contributed by atoms with van der Waals surface area (Å²) in [7, 11) is 0. The van der Waals surface area contributed by atoms with Crippen LogP contribution in [-0.2, 0) is 4.79 Å². The van der Waals surface area contributed by atoms with Crippen molar-refractivity contribution in [3.05, 3.63) is 24.3 Å². The SMILES string of the molecule is C=CC1CCC2C3C[C@@H](O)C4=CC(=O)CC[C@]4(C)C3CC[C@]12C. The van der Waals surface area contributed by atoms with Gasteiger partial charge in [-0.2, -0.15) is 0 Å². The fourth-order valence-electron chi connectivity index (χ4n) is 7.03. The summed E-state index contributed by atoms with van der Waals surface area (Å²) in [4.78, 5) is 11.9. The van der Waals surface area contributed by atoms with Crippen LogP contribution in [0.25, 0.3) is 0 Å². The van der Waals surface area contributed by atoms with Gasteiger partial charge in [0, 0.05) is 6.42 Å². The van der Waals surface area contributed by atoms with Gasteiger partial charge in [0.25, 0.3) is 0 Å². The zero-order valence-corrected chi connectivity index (χ0v) is 14.6. The Labute approximate surface area is 140 Å². The van der Waals surface area contributed by atoms with Crippen molar-refractivity contribution in [2.75, 3.05) is 0 Å². The van der Waals surface area contributed by atoms with Crippen LogP contribution < -0.4 is 0 Å². The van der Waals surface area contributed by atoms with Crippen molar-refractivity contribution < 1.29 is 9.90 Å². The first kappa shape index (κ1) is 15.6. The van der Waals surface area contributed by atoms with Crippen LogP contribution in [0, 0.1) is 34.5 Å². The summed E-state index contributed by atoms with van der Waals surface area (Å²) in [5, 5.41) is 10.8. The van der Waals surface area contributed by atoms with Gasteiger partial charge in [-0.3, -0.25) is 4.79 Å². The fourth-order valence-corrected chi connectivity index (χ4v) is 7.03. The number of carbonyl (C=O) groups excluding carboxylic acids is 1. The first-order valence-corrected chi connectivity index (χ1v) is 9.45. The Kier molecular flexibility index (Phi) is 3.43. The molecule has 0 saturated heterocycles. The maximum Gasteiger partial charge on any atom is 0.155 e. The molecule has 3 saturated carbocycles. The molecule has 2 nitrogen and oxygen atoms in total. The molecular weight excluding hydrogens is 284 g/mol. The van der Waals surface area contributed by atoms with Crippen molar-refractivity contribution in [3.8, 4) is 0 Å². The molecule has 4 unspecified atom stereocenters. The van der Waals surface area contributed by atoms with Gasteiger partial charge >= 0.3 is 0 Å². The number of rotatable bonds is 1. The second kappa shape index (κ2) is 5.05. The summed E-state index contributed by atoms with van der Waals surface area (Å²) in [5.41, 5.74) is 1.48. The minimum atomic E-state index is -0.407. The van der Waals surface area contributed by atoms with Gasteiger partial charge < -0.3 is 5.11 Å². The lowest BCUT2D eigenvalue weighted by Crippen LogP contribution is -2.53. The molecule has 0 aromatic rings. The van der Waals surface area contributed by atoms with Crippen molar-refractivity contribution in [3.63, 3.8) is 0 Å². The Morgan fingerprint density at radius 3 is 2.74 bits per heavy atom. The Morgan fingerprint density at radius 1 is 1.22 bits per heavy atom. The van der Waals surface area contributed by atoms with Gasteiger partial charge in [-0.15, -0.1) is 6.58 Å². The van der Waals surface area contributed by atoms with Crippen LogP contribution in [0.3, 0.4) is 0 Å². The third kappa shape index (κ3) is 2.00. The van der Waals surface area contributed by atoms with E-state index in [2.05, 4.69) is 26.5 Å². The lowest BCUT2D eigenvalue weighted by atomic mass is 9.46. The predicted molar refractivity (Wildman–Crippen MR) is 91.8 cm³/mol. The highest BCUT2D eigenvalue weighted by molar-refractivity contribution is 5.91. The van der Waals surface area contributed by atoms with E-state index in [0.29, 0.717) is 29.6 Å². The first-order chi connectivity index (χ1) is 10.9. The predicted octanol–water partition coefficient (Wildman–Crippen LogP) is 4.29. The molecule has 1 N–H and O–H groups in total. The maximum absolute atomic E-state index is 11.9. The number of fused-ring (bicyclic) bond motifs is 5. The number of hydrogen-bond acceptors (Lipinski definition) is 2. The van der Waals surface area contributed by atoms with E-state index in [-0.39, 0.29) is 11.2 Å². The molecule has 3 fully saturated rings. The highest BCUT2D eigenvalue weighted by Crippen LogP contribution is 2.66. The van der Waals surface area contributed by atoms with Gasteiger partial charge in [-0.1, -0.05) is 19.9 Å². The molecule has 23 heavy (non-hydrogen) atoms. The minimum Gasteiger partial charge on any atom is -0.389 e. The van der Waals surface area contributed by atoms with E-state index in [0.717, 1.165) is 24.3 Å². The summed E-state index contributed by atoms with van der Waals surface area (Å²) < 4.78 is 0. The van der Waals surface area contributed by atoms with E-state index in [9.17, 15) is 9.90 Å². The quantitative estimate of drug-likeness (QED) is 0.733. The standard InChI is InChI=1S/C21H30O2/c1-4-13-5-6-16-15-12-19(23)18-11-14(22)7-9-21(18,3)17(15)8-10-20(13,16)2/h4,11,13,15-17,19,23H,1,5-10,12H2,2-3H3/t13?,15?,16?,17?,19-,20-,21-/m1/s1. The second-order valence-corrected chi connectivity index (χ2v) is 9.08. The lowest BCUT2D eigenvalue weighted by molar-refractivity contribution is -0.119. The van der Waals surface area contributed by atoms with Crippen LogP contribution in [0.15, 0.2) is 24.3 Å². The van der Waals surface area contributed by atoms with Crippen LogP contribution in [0.4, 0.5) is 0 Å². The van der Waals surface area contributed by atoms with Gasteiger partial charge in [-0.05, 0) is 84.7 Å². The van der Waals surface area contributed by atoms with Crippen LogP contribution in [0.5, 0.6) is 0 Å². The molecule has 0 radical (unpaired) electrons. The smallest absolute Gasteiger partial charge is 0.155 e. The van der Waals surface area contributed by atoms with E-state index in [4.69, 9.17) is 0 Å². The fraction of sp³-hybridized carbons (Fsp3) is 0.762. The zero-order chi connectivity index (χ0) is 16.4. The van der Waals surface area contributed by atoms with Crippen molar-refractivity contribution in [1.82, 2.24) is 0 Å². The van der Waals surface area contributed by atoms with Gasteiger partial charge in [0.1, 0.15) is 0 Å². The number of allylic oxidation sites excluding steroid dienone is 1. The molecule has 7 atom stereocenters. The Bertz CT molecular complexity index is 576. The number of aliphatic hydroxyl groups excluding tert-OH is 1. The van der Waals surface area contributed by atoms with Crippen LogP contribution in [-0.4, -0.2) is 17.0 Å². The molecule has 126 valence electrons. The molecular formula is C21H30O2. The highest BCUT2D eigenvalue weighted by atomic mass is 16.3. The Hall–Kier alpha value is -0.890. The van der Waals surface area contributed by atoms with E-state index in [1.54, 1.807) is 6.08 Å². The molecule has 4 aliphatic rings. The molecule has 0 amide bonds. The van der Waals surface area contributed by atoms with Crippen LogP contribution >= 0.6 is 0 Å². The number of aliphatic hydroxyl groups is 1. The summed E-state index contributed by atoms with van der Waals surface area (Å²) >= 11 is 0. The molecule has 0 heterocycles. The second-order valence-electron chi connectivity index (χ2n) is 9.08. The average molecular weight is 314 g/mol. The molecule has 0 bridgehead atoms. The topological polar surface area (TPSA) is 37.3 Å². The molecule has 2 heteroatoms. The van der Waals surface area contributed by atoms with E-state index in [1.165, 1.54) is 25.7 Å². The van der Waals surface area contributed by atoms with Gasteiger partial charge in [0.2, 0.25) is 0 Å². The Balaban J connectivity index is 1.72. The first-order valence-electron chi connectivity index (χ1n) is 9.45. The van der Waals surface area contributed by atoms with Crippen LogP contribution in [0.2, 0.25) is 0 Å². The lowest BCUT2D eigenvalue weighted by Gasteiger charge is -2.59. The third-order valence-corrected chi connectivity index (χ3v) is 8.33. The van der Waals surface area contributed by atoms with Crippen LogP contribution in [0.1, 0.15) is 58.8 Å². The molecule has 4 rings (SSSR count). The minimum absolute atomic E-state index is 0.0455. The molecule has 4 aliphatic carbocycles. The van der Waals surface area contributed by atoms with E-state index >= 15 is 0 Å². The normalized spacial score (nSPS) is 52.2. The van der Waals surface area contributed by atoms with Crippen molar-refractivity contribution in [2.24, 2.45) is 34.5 Å². The van der Waals surface area contributed by atoms with E-state index < -0.39 is 6.10 Å². The third-order valence-electron chi connectivity index (χ3n) is 8.33.